The first-order chi connectivity index (χ1) is 24.5. The lowest BCUT2D eigenvalue weighted by Gasteiger charge is -2.67. The van der Waals surface area contributed by atoms with Gasteiger partial charge in [-0.3, -0.25) is 4.98 Å². The number of rotatable bonds is 5. The first-order valence-corrected chi connectivity index (χ1v) is 17.3. The van der Waals surface area contributed by atoms with Crippen LogP contribution in [0.5, 0.6) is 11.5 Å². The summed E-state index contributed by atoms with van der Waals surface area (Å²) < 4.78 is 51.5. The van der Waals surface area contributed by atoms with Gasteiger partial charge in [-0.15, -0.1) is 0 Å². The fraction of sp³-hybridized carbons (Fsp3) is 0.425. The highest BCUT2D eigenvalue weighted by Crippen LogP contribution is 2.68. The average molecular weight is 698 g/mol. The van der Waals surface area contributed by atoms with Gasteiger partial charge >= 0.3 is 11.6 Å². The molecule has 4 aromatic rings. The number of hydrogen-bond donors (Lipinski definition) is 1. The Morgan fingerprint density at radius 3 is 2.57 bits per heavy atom. The largest absolute Gasteiger partial charge is 0.496 e. The maximum atomic E-state index is 13.8. The van der Waals surface area contributed by atoms with E-state index in [4.69, 9.17) is 28.1 Å². The van der Waals surface area contributed by atoms with Crippen LogP contribution in [-0.4, -0.2) is 47.6 Å². The van der Waals surface area contributed by atoms with Crippen LogP contribution in [0.2, 0.25) is 0 Å². The molecule has 4 heterocycles. The number of carbonyl (C=O) groups excluding carboxylic acids is 1. The number of esters is 1. The van der Waals surface area contributed by atoms with Crippen molar-refractivity contribution in [3.63, 3.8) is 0 Å². The standard InChI is InChI=1S/C40H40FNO9/c1-38-16-15-30-39(2,21-47-37(50-30)25-9-5-6-10-26(25)46-4)29(38)19-31(49-35(44)22-11-13-24(41)14-12-22)40(3)34(38)33(43)32-28(51-40)18-27(48-36(32)45)23-8-7-17-42-20-23/h5-14,17-18,20,29-31,33-34,37,43H,15-16,19,21H2,1-4H3/t29?,30-,31-,33?,34?,37+,38-,39-,40+/m0/s1. The molecular weight excluding hydrogens is 657 g/mol. The summed E-state index contributed by atoms with van der Waals surface area (Å²) in [5, 5.41) is 12.4. The molecule has 0 amide bonds. The van der Waals surface area contributed by atoms with Gasteiger partial charge in [0.05, 0.1) is 31.5 Å². The third-order valence-corrected chi connectivity index (χ3v) is 12.1. The van der Waals surface area contributed by atoms with Gasteiger partial charge < -0.3 is 33.2 Å². The van der Waals surface area contributed by atoms with Gasteiger partial charge in [-0.2, -0.15) is 0 Å². The molecule has 3 fully saturated rings. The van der Waals surface area contributed by atoms with Crippen molar-refractivity contribution in [2.45, 2.75) is 70.2 Å². The number of fused-ring (bicyclic) bond motifs is 6. The van der Waals surface area contributed by atoms with Crippen LogP contribution in [0.25, 0.3) is 11.3 Å². The molecule has 11 heteroatoms. The van der Waals surface area contributed by atoms with E-state index in [-0.39, 0.29) is 34.7 Å². The third kappa shape index (κ3) is 5.27. The minimum Gasteiger partial charge on any atom is -0.496 e. The number of aliphatic hydroxyl groups excluding tert-OH is 1. The molecule has 1 N–H and O–H groups in total. The van der Waals surface area contributed by atoms with Gasteiger partial charge in [0.1, 0.15) is 40.3 Å². The van der Waals surface area contributed by atoms with E-state index in [1.807, 2.05) is 31.2 Å². The van der Waals surface area contributed by atoms with E-state index >= 15 is 0 Å². The topological polar surface area (TPSA) is 127 Å². The normalized spacial score (nSPS) is 33.8. The molecule has 3 unspecified atom stereocenters. The van der Waals surface area contributed by atoms with Crippen molar-refractivity contribution in [2.24, 2.45) is 22.7 Å². The van der Waals surface area contributed by atoms with E-state index < -0.39 is 58.3 Å². The minimum absolute atomic E-state index is 0.0234. The molecule has 4 aliphatic rings. The Morgan fingerprint density at radius 2 is 1.82 bits per heavy atom. The van der Waals surface area contributed by atoms with E-state index in [2.05, 4.69) is 18.8 Å². The first kappa shape index (κ1) is 33.6. The monoisotopic (exact) mass is 697 g/mol. The Kier molecular flexibility index (Phi) is 8.08. The van der Waals surface area contributed by atoms with Crippen molar-refractivity contribution < 1.29 is 42.4 Å². The SMILES string of the molecule is COc1ccccc1[C@@H]1OC[C@@]2(C)C3C[C@H](OC(=O)c4ccc(F)cc4)[C@@]4(C)Oc5cc(-c6cccnc6)oc(=O)c5C(O)C4[C@@]3(C)CC[C@@H]2O1. The van der Waals surface area contributed by atoms with Crippen molar-refractivity contribution in [1.29, 1.82) is 0 Å². The number of hydrogen-bond acceptors (Lipinski definition) is 10. The second kappa shape index (κ2) is 12.3. The number of ether oxygens (including phenoxy) is 5. The first-order valence-electron chi connectivity index (χ1n) is 17.3. The Bertz CT molecular complexity index is 2020. The van der Waals surface area contributed by atoms with E-state index in [9.17, 15) is 19.1 Å². The summed E-state index contributed by atoms with van der Waals surface area (Å²) in [7, 11) is 1.61. The van der Waals surface area contributed by atoms with Gasteiger partial charge in [-0.05, 0) is 80.0 Å². The molecule has 51 heavy (non-hydrogen) atoms. The number of aromatic nitrogens is 1. The Balaban J connectivity index is 1.20. The molecule has 10 nitrogen and oxygen atoms in total. The predicted molar refractivity (Wildman–Crippen MR) is 181 cm³/mol. The molecule has 8 rings (SSSR count). The van der Waals surface area contributed by atoms with Gasteiger partial charge in [0.25, 0.3) is 0 Å². The van der Waals surface area contributed by atoms with Gasteiger partial charge in [-0.1, -0.05) is 32.0 Å². The van der Waals surface area contributed by atoms with Crippen molar-refractivity contribution in [1.82, 2.24) is 4.98 Å². The van der Waals surface area contributed by atoms with E-state index in [0.717, 1.165) is 5.56 Å². The molecule has 0 bridgehead atoms. The Labute approximate surface area is 294 Å². The van der Waals surface area contributed by atoms with Crippen LogP contribution in [0.4, 0.5) is 4.39 Å². The smallest absolute Gasteiger partial charge is 0.345 e. The fourth-order valence-corrected chi connectivity index (χ4v) is 9.66. The van der Waals surface area contributed by atoms with E-state index in [1.54, 1.807) is 37.7 Å². The zero-order chi connectivity index (χ0) is 35.7. The number of carbonyl (C=O) groups is 1. The number of nitrogens with zero attached hydrogens (tertiary/aromatic N) is 1. The van der Waals surface area contributed by atoms with Crippen molar-refractivity contribution in [3.05, 3.63) is 112 Å². The highest BCUT2D eigenvalue weighted by atomic mass is 19.1. The zero-order valence-electron chi connectivity index (χ0n) is 28.8. The molecule has 9 atom stereocenters. The molecule has 2 saturated carbocycles. The number of benzene rings is 2. The summed E-state index contributed by atoms with van der Waals surface area (Å²) in [6, 6.07) is 17.8. The van der Waals surface area contributed by atoms with Crippen LogP contribution >= 0.6 is 0 Å². The molecule has 2 aliphatic carbocycles. The quantitative estimate of drug-likeness (QED) is 0.222. The van der Waals surface area contributed by atoms with Gasteiger partial charge in [0, 0.05) is 40.9 Å². The van der Waals surface area contributed by atoms with E-state index in [0.29, 0.717) is 37.2 Å². The summed E-state index contributed by atoms with van der Waals surface area (Å²) in [6.45, 7) is 6.41. The molecule has 266 valence electrons. The van der Waals surface area contributed by atoms with Crippen LogP contribution < -0.4 is 15.1 Å². The molecule has 0 radical (unpaired) electrons. The highest BCUT2D eigenvalue weighted by Gasteiger charge is 2.71. The van der Waals surface area contributed by atoms with Crippen molar-refractivity contribution >= 4 is 5.97 Å². The van der Waals surface area contributed by atoms with Crippen LogP contribution in [0.15, 0.2) is 88.3 Å². The number of para-hydroxylation sites is 1. The highest BCUT2D eigenvalue weighted by molar-refractivity contribution is 5.89. The second-order valence-electron chi connectivity index (χ2n) is 14.9. The zero-order valence-corrected chi connectivity index (χ0v) is 28.8. The van der Waals surface area contributed by atoms with Gasteiger partial charge in [0.15, 0.2) is 6.29 Å². The number of methoxy groups -OCH3 is 1. The lowest BCUT2D eigenvalue weighted by atomic mass is 9.42. The fourth-order valence-electron chi connectivity index (χ4n) is 9.66. The third-order valence-electron chi connectivity index (χ3n) is 12.1. The summed E-state index contributed by atoms with van der Waals surface area (Å²) >= 11 is 0. The molecule has 1 saturated heterocycles. The van der Waals surface area contributed by atoms with Crippen molar-refractivity contribution in [2.75, 3.05) is 13.7 Å². The molecule has 2 aliphatic heterocycles. The van der Waals surface area contributed by atoms with Crippen LogP contribution in [0.3, 0.4) is 0 Å². The van der Waals surface area contributed by atoms with E-state index in [1.165, 1.54) is 24.3 Å². The number of halogens is 1. The molecular formula is C40H40FNO9. The molecule has 2 aromatic heterocycles. The van der Waals surface area contributed by atoms with Gasteiger partial charge in [0.2, 0.25) is 0 Å². The minimum atomic E-state index is -1.32. The van der Waals surface area contributed by atoms with Crippen LogP contribution in [0, 0.1) is 28.5 Å². The Hall–Kier alpha value is -4.58. The maximum Gasteiger partial charge on any atom is 0.345 e. The summed E-state index contributed by atoms with van der Waals surface area (Å²) in [5.41, 5.74) is -1.65. The summed E-state index contributed by atoms with van der Waals surface area (Å²) in [6.07, 6.45) is 1.73. The maximum absolute atomic E-state index is 13.8. The number of aliphatic hydroxyl groups is 1. The van der Waals surface area contributed by atoms with Crippen LogP contribution in [-0.2, 0) is 14.2 Å². The summed E-state index contributed by atoms with van der Waals surface area (Å²) in [4.78, 5) is 31.6. The number of pyridine rings is 1. The average Bonchev–Trinajstić information content (AvgIpc) is 3.12. The molecule has 0 spiro atoms. The lowest BCUT2D eigenvalue weighted by Crippen LogP contribution is -2.71. The molecule has 2 aromatic carbocycles. The van der Waals surface area contributed by atoms with Crippen molar-refractivity contribution in [3.8, 4) is 22.8 Å². The predicted octanol–water partition coefficient (Wildman–Crippen LogP) is 6.82. The second-order valence-corrected chi connectivity index (χ2v) is 14.9. The lowest BCUT2D eigenvalue weighted by molar-refractivity contribution is -0.330. The Morgan fingerprint density at radius 1 is 1.04 bits per heavy atom. The summed E-state index contributed by atoms with van der Waals surface area (Å²) in [5.74, 6) is -0.997. The van der Waals surface area contributed by atoms with Crippen LogP contribution in [0.1, 0.15) is 73.9 Å². The van der Waals surface area contributed by atoms with Gasteiger partial charge in [-0.25, -0.2) is 14.0 Å².